The van der Waals surface area contributed by atoms with E-state index in [9.17, 15) is 9.59 Å². The molecule has 1 N–H and O–H groups in total. The Bertz CT molecular complexity index is 1180. The van der Waals surface area contributed by atoms with Gasteiger partial charge in [-0.2, -0.15) is 0 Å². The first kappa shape index (κ1) is 23.6. The van der Waals surface area contributed by atoms with Crippen LogP contribution in [0, 0.1) is 0 Å². The molecule has 3 saturated heterocycles. The maximum Gasteiger partial charge on any atom is 0.269 e. The number of carbonyl (C=O) groups excluding carboxylic acids is 2. The highest BCUT2D eigenvalue weighted by Crippen LogP contribution is 2.39. The van der Waals surface area contributed by atoms with Crippen LogP contribution in [-0.4, -0.2) is 54.4 Å². The van der Waals surface area contributed by atoms with Crippen LogP contribution in [0.3, 0.4) is 0 Å². The minimum Gasteiger partial charge on any atom is -0.457 e. The molecule has 0 aliphatic carbocycles. The Morgan fingerprint density at radius 2 is 1.71 bits per heavy atom. The summed E-state index contributed by atoms with van der Waals surface area (Å²) in [6.45, 7) is 3.56. The molecule has 0 aromatic heterocycles. The predicted molar refractivity (Wildman–Crippen MR) is 129 cm³/mol. The molecule has 0 bridgehead atoms. The molecule has 3 aliphatic rings. The van der Waals surface area contributed by atoms with Crippen molar-refractivity contribution >= 4 is 34.8 Å². The number of ether oxygens (including phenoxy) is 5. The summed E-state index contributed by atoms with van der Waals surface area (Å²) < 4.78 is 28.9. The van der Waals surface area contributed by atoms with E-state index in [1.54, 1.807) is 38.1 Å². The molecular formula is C25H24N2O7S. The Labute approximate surface area is 207 Å². The van der Waals surface area contributed by atoms with Gasteiger partial charge in [0.1, 0.15) is 35.4 Å². The number of para-hydroxylation sites is 1. The van der Waals surface area contributed by atoms with Crippen LogP contribution in [-0.2, 0) is 28.5 Å². The third kappa shape index (κ3) is 4.58. The van der Waals surface area contributed by atoms with Gasteiger partial charge in [-0.25, -0.2) is 0 Å². The summed E-state index contributed by atoms with van der Waals surface area (Å²) >= 11 is 5.29. The highest BCUT2D eigenvalue weighted by Gasteiger charge is 2.55. The summed E-state index contributed by atoms with van der Waals surface area (Å²) in [5.74, 6) is -0.729. The number of nitrogens with one attached hydrogen (secondary N) is 1. The first-order chi connectivity index (χ1) is 16.8. The topological polar surface area (TPSA) is 95.6 Å². The summed E-state index contributed by atoms with van der Waals surface area (Å²) in [5, 5.41) is 2.55. The fraction of sp³-hybridized carbons (Fsp3) is 0.320. The summed E-state index contributed by atoms with van der Waals surface area (Å²) in [4.78, 5) is 27.3. The van der Waals surface area contributed by atoms with Crippen molar-refractivity contribution in [3.63, 3.8) is 0 Å². The zero-order valence-electron chi connectivity index (χ0n) is 19.3. The number of fused-ring (bicyclic) bond motifs is 1. The normalized spacial score (nSPS) is 28.8. The lowest BCUT2D eigenvalue weighted by Gasteiger charge is -2.30. The van der Waals surface area contributed by atoms with Gasteiger partial charge in [-0.05, 0) is 68.5 Å². The lowest BCUT2D eigenvalue weighted by atomic mass is 10.0. The third-order valence-corrected chi connectivity index (χ3v) is 6.09. The van der Waals surface area contributed by atoms with Crippen molar-refractivity contribution in [2.24, 2.45) is 0 Å². The van der Waals surface area contributed by atoms with Crippen LogP contribution in [0.25, 0.3) is 0 Å². The largest absolute Gasteiger partial charge is 0.457 e. The van der Waals surface area contributed by atoms with E-state index in [0.29, 0.717) is 17.2 Å². The minimum absolute atomic E-state index is 0.0187. The van der Waals surface area contributed by atoms with E-state index in [4.69, 9.17) is 35.9 Å². The molecule has 10 heteroatoms. The average molecular weight is 497 g/mol. The molecule has 35 heavy (non-hydrogen) atoms. The number of anilines is 1. The molecule has 3 heterocycles. The number of hydrogen-bond acceptors (Lipinski definition) is 8. The van der Waals surface area contributed by atoms with Crippen LogP contribution in [0.2, 0.25) is 0 Å². The monoisotopic (exact) mass is 496 g/mol. The lowest BCUT2D eigenvalue weighted by Crippen LogP contribution is -2.54. The molecule has 5 rings (SSSR count). The molecule has 3 aliphatic heterocycles. The number of hydrogen-bond donors (Lipinski definition) is 1. The smallest absolute Gasteiger partial charge is 0.269 e. The first-order valence-electron chi connectivity index (χ1n) is 11.0. The Hall–Kier alpha value is -3.15. The quantitative estimate of drug-likeness (QED) is 0.384. The number of methoxy groups -OCH3 is 1. The molecule has 3 fully saturated rings. The lowest BCUT2D eigenvalue weighted by molar-refractivity contribution is -0.210. The van der Waals surface area contributed by atoms with E-state index in [2.05, 4.69) is 5.32 Å². The first-order valence-corrected chi connectivity index (χ1v) is 11.4. The van der Waals surface area contributed by atoms with Crippen molar-refractivity contribution in [1.29, 1.82) is 0 Å². The van der Waals surface area contributed by atoms with Gasteiger partial charge in [-0.3, -0.25) is 19.8 Å². The van der Waals surface area contributed by atoms with E-state index in [1.807, 2.05) is 30.3 Å². The predicted octanol–water partition coefficient (Wildman–Crippen LogP) is 3.04. The second kappa shape index (κ2) is 9.14. The van der Waals surface area contributed by atoms with Crippen molar-refractivity contribution in [3.05, 3.63) is 66.2 Å². The van der Waals surface area contributed by atoms with Crippen LogP contribution < -0.4 is 15.0 Å². The van der Waals surface area contributed by atoms with E-state index < -0.39 is 42.2 Å². The number of carbonyl (C=O) groups is 2. The van der Waals surface area contributed by atoms with E-state index in [0.717, 1.165) is 0 Å². The van der Waals surface area contributed by atoms with Gasteiger partial charge in [0.2, 0.25) is 0 Å². The number of benzene rings is 2. The van der Waals surface area contributed by atoms with Crippen LogP contribution in [0.1, 0.15) is 13.8 Å². The van der Waals surface area contributed by atoms with Crippen LogP contribution >= 0.6 is 12.2 Å². The molecule has 0 unspecified atom stereocenters. The fourth-order valence-electron chi connectivity index (χ4n) is 4.27. The van der Waals surface area contributed by atoms with Crippen LogP contribution in [0.4, 0.5) is 5.69 Å². The van der Waals surface area contributed by atoms with Gasteiger partial charge in [0.25, 0.3) is 11.8 Å². The van der Waals surface area contributed by atoms with Gasteiger partial charge >= 0.3 is 0 Å². The molecule has 9 nitrogen and oxygen atoms in total. The second-order valence-electron chi connectivity index (χ2n) is 8.66. The minimum atomic E-state index is -0.818. The summed E-state index contributed by atoms with van der Waals surface area (Å²) in [5.41, 5.74) is 0.363. The number of thiocarbonyl (C=S) groups is 1. The molecule has 0 spiro atoms. The van der Waals surface area contributed by atoms with Crippen LogP contribution in [0.15, 0.2) is 66.2 Å². The van der Waals surface area contributed by atoms with Crippen molar-refractivity contribution in [3.8, 4) is 11.5 Å². The highest BCUT2D eigenvalue weighted by atomic mass is 32.1. The summed E-state index contributed by atoms with van der Waals surface area (Å²) in [6, 6.07) is 16.1. The molecule has 0 radical (unpaired) electrons. The molecule has 4 atom stereocenters. The molecule has 2 aromatic rings. The number of nitrogens with zero attached hydrogens (tertiary/aromatic N) is 1. The number of rotatable bonds is 5. The second-order valence-corrected chi connectivity index (χ2v) is 9.05. The molecule has 2 amide bonds. The summed E-state index contributed by atoms with van der Waals surface area (Å²) in [7, 11) is 1.51. The van der Waals surface area contributed by atoms with Gasteiger partial charge in [-0.15, -0.1) is 0 Å². The SMILES string of the molecule is CO[C@@H]1[C@H]2OC(C)(C)O[C@H]2O[C@@H]1/C=C1/C(=O)NC(=S)N(c2ccc(Oc3ccccc3)cc2)C1=O. The summed E-state index contributed by atoms with van der Waals surface area (Å²) in [6.07, 6.45) is -1.02. The Kier molecular flexibility index (Phi) is 6.16. The van der Waals surface area contributed by atoms with Gasteiger partial charge in [0.05, 0.1) is 5.69 Å². The zero-order valence-corrected chi connectivity index (χ0v) is 20.1. The van der Waals surface area contributed by atoms with Crippen molar-refractivity contribution in [2.45, 2.75) is 44.2 Å². The Morgan fingerprint density at radius 3 is 2.40 bits per heavy atom. The number of amides is 2. The van der Waals surface area contributed by atoms with Crippen LogP contribution in [0.5, 0.6) is 11.5 Å². The highest BCUT2D eigenvalue weighted by molar-refractivity contribution is 7.80. The molecule has 182 valence electrons. The molecule has 2 aromatic carbocycles. The standard InChI is InChI=1S/C25H24N2O7S/c1-25(2)33-20-19(30-3)18(32-23(20)34-25)13-17-21(28)26-24(35)27(22(17)29)14-9-11-16(12-10-14)31-15-7-5-4-6-8-15/h4-13,18-20,23H,1-3H3,(H,26,28,35)/b17-13-/t18-,19+,20-,23-/m1/s1. The van der Waals surface area contributed by atoms with Gasteiger partial charge in [0.15, 0.2) is 17.2 Å². The van der Waals surface area contributed by atoms with Gasteiger partial charge in [0, 0.05) is 7.11 Å². The van der Waals surface area contributed by atoms with Crippen molar-refractivity contribution in [2.75, 3.05) is 12.0 Å². The van der Waals surface area contributed by atoms with Crippen molar-refractivity contribution < 1.29 is 33.3 Å². The Morgan fingerprint density at radius 1 is 1.03 bits per heavy atom. The third-order valence-electron chi connectivity index (χ3n) is 5.81. The fourth-order valence-corrected chi connectivity index (χ4v) is 4.55. The van der Waals surface area contributed by atoms with Crippen molar-refractivity contribution in [1.82, 2.24) is 5.32 Å². The van der Waals surface area contributed by atoms with Gasteiger partial charge < -0.3 is 23.7 Å². The average Bonchev–Trinajstić information content (AvgIpc) is 3.28. The van der Waals surface area contributed by atoms with Gasteiger partial charge in [-0.1, -0.05) is 18.2 Å². The maximum absolute atomic E-state index is 13.4. The Balaban J connectivity index is 1.36. The van der Waals surface area contributed by atoms with E-state index >= 15 is 0 Å². The molecule has 0 saturated carbocycles. The van der Waals surface area contributed by atoms with E-state index in [-0.39, 0.29) is 10.7 Å². The van der Waals surface area contributed by atoms with E-state index in [1.165, 1.54) is 18.1 Å². The maximum atomic E-state index is 13.4. The zero-order chi connectivity index (χ0) is 24.7. The molecular weight excluding hydrogens is 472 g/mol.